The number of fused-ring (bicyclic) bond motifs is 1. The number of nitrogens with one attached hydrogen (secondary N) is 1. The molecular formula is C20H17ClFN3O2. The normalized spacial score (nSPS) is 18.4. The minimum Gasteiger partial charge on any atom is -0.481 e. The first-order valence-corrected chi connectivity index (χ1v) is 8.89. The van der Waals surface area contributed by atoms with Crippen LogP contribution in [0.3, 0.4) is 0 Å². The van der Waals surface area contributed by atoms with Crippen LogP contribution >= 0.6 is 11.6 Å². The molecule has 1 aliphatic rings. The Balaban J connectivity index is 1.74. The van der Waals surface area contributed by atoms with E-state index in [-0.39, 0.29) is 12.3 Å². The second-order valence-electron chi connectivity index (χ2n) is 6.64. The van der Waals surface area contributed by atoms with E-state index in [1.165, 1.54) is 0 Å². The number of aromatic nitrogens is 2. The predicted molar refractivity (Wildman–Crippen MR) is 103 cm³/mol. The van der Waals surface area contributed by atoms with Gasteiger partial charge < -0.3 is 10.1 Å². The van der Waals surface area contributed by atoms with Gasteiger partial charge in [0, 0.05) is 23.8 Å². The third kappa shape index (κ3) is 3.45. The van der Waals surface area contributed by atoms with Crippen molar-refractivity contribution < 1.29 is 13.9 Å². The number of halogens is 2. The van der Waals surface area contributed by atoms with Crippen LogP contribution in [0.1, 0.15) is 12.0 Å². The van der Waals surface area contributed by atoms with Crippen LogP contribution in [-0.2, 0) is 4.79 Å². The highest BCUT2D eigenvalue weighted by atomic mass is 35.5. The number of pyridine rings is 2. The number of carbonyl (C=O) groups is 1. The molecule has 0 bridgehead atoms. The zero-order chi connectivity index (χ0) is 19.1. The molecule has 5 nitrogen and oxygen atoms in total. The Hall–Kier alpha value is -2.73. The number of carbonyl (C=O) groups excluding carboxylic acids is 1. The summed E-state index contributed by atoms with van der Waals surface area (Å²) in [4.78, 5) is 20.4. The fourth-order valence-corrected chi connectivity index (χ4v) is 3.29. The summed E-state index contributed by atoms with van der Waals surface area (Å²) in [5, 5.41) is 4.82. The molecule has 2 atom stereocenters. The number of ether oxygens (including phenoxy) is 1. The Labute approximate surface area is 160 Å². The van der Waals surface area contributed by atoms with Gasteiger partial charge >= 0.3 is 0 Å². The summed E-state index contributed by atoms with van der Waals surface area (Å²) >= 11 is 6.45. The number of hydrogen-bond acceptors (Lipinski definition) is 4. The molecule has 1 N–H and O–H groups in total. The number of nitrogens with zero attached hydrogens (tertiary/aromatic N) is 2. The molecule has 138 valence electrons. The molecule has 2 heterocycles. The highest BCUT2D eigenvalue weighted by Gasteiger charge is 2.43. The quantitative estimate of drug-likeness (QED) is 0.714. The molecule has 7 heteroatoms. The van der Waals surface area contributed by atoms with E-state index in [0.29, 0.717) is 16.7 Å². The summed E-state index contributed by atoms with van der Waals surface area (Å²) < 4.78 is 18.3. The Morgan fingerprint density at radius 3 is 2.74 bits per heavy atom. The summed E-state index contributed by atoms with van der Waals surface area (Å²) in [5.74, 6) is -0.0146. The fourth-order valence-electron chi connectivity index (χ4n) is 3.02. The van der Waals surface area contributed by atoms with Crippen molar-refractivity contribution in [2.24, 2.45) is 5.92 Å². The van der Waals surface area contributed by atoms with E-state index in [1.54, 1.807) is 25.6 Å². The van der Waals surface area contributed by atoms with Gasteiger partial charge in [-0.05, 0) is 53.6 Å². The Kier molecular flexibility index (Phi) is 4.44. The van der Waals surface area contributed by atoms with Gasteiger partial charge in [0.1, 0.15) is 12.0 Å². The minimum absolute atomic E-state index is 0.276. The lowest BCUT2D eigenvalue weighted by Gasteiger charge is -2.11. The minimum atomic E-state index is -1.05. The second kappa shape index (κ2) is 6.78. The molecule has 0 spiro atoms. The van der Waals surface area contributed by atoms with E-state index >= 15 is 0 Å². The van der Waals surface area contributed by atoms with Crippen LogP contribution in [0.15, 0.2) is 36.7 Å². The molecule has 4 rings (SSSR count). The van der Waals surface area contributed by atoms with E-state index < -0.39 is 12.1 Å². The molecule has 0 aliphatic heterocycles. The van der Waals surface area contributed by atoms with Crippen LogP contribution < -0.4 is 10.1 Å². The maximum absolute atomic E-state index is 13.1. The van der Waals surface area contributed by atoms with Crippen LogP contribution in [0.2, 0.25) is 5.02 Å². The highest BCUT2D eigenvalue weighted by Crippen LogP contribution is 2.36. The van der Waals surface area contributed by atoms with Crippen molar-refractivity contribution in [3.05, 3.63) is 47.2 Å². The van der Waals surface area contributed by atoms with Gasteiger partial charge in [0.2, 0.25) is 11.8 Å². The van der Waals surface area contributed by atoms with Gasteiger partial charge in [-0.2, -0.15) is 0 Å². The van der Waals surface area contributed by atoms with Crippen LogP contribution in [0, 0.1) is 12.8 Å². The van der Waals surface area contributed by atoms with Crippen molar-refractivity contribution >= 4 is 34.1 Å². The van der Waals surface area contributed by atoms with E-state index in [9.17, 15) is 9.18 Å². The lowest BCUT2D eigenvalue weighted by molar-refractivity contribution is -0.117. The summed E-state index contributed by atoms with van der Waals surface area (Å²) in [6, 6.07) is 7.43. The van der Waals surface area contributed by atoms with Gasteiger partial charge in [-0.15, -0.1) is 0 Å². The van der Waals surface area contributed by atoms with Gasteiger partial charge in [0.25, 0.3) is 0 Å². The molecule has 1 amide bonds. The molecule has 3 aromatic rings. The van der Waals surface area contributed by atoms with E-state index in [4.69, 9.17) is 16.3 Å². The van der Waals surface area contributed by atoms with E-state index in [0.717, 1.165) is 27.5 Å². The van der Waals surface area contributed by atoms with Gasteiger partial charge in [-0.3, -0.25) is 4.79 Å². The third-order valence-corrected chi connectivity index (χ3v) is 5.00. The van der Waals surface area contributed by atoms with Gasteiger partial charge in [0.15, 0.2) is 0 Å². The summed E-state index contributed by atoms with van der Waals surface area (Å²) in [7, 11) is 1.57. The smallest absolute Gasteiger partial charge is 0.231 e. The number of hydrogen-bond donors (Lipinski definition) is 1. The van der Waals surface area contributed by atoms with Crippen molar-refractivity contribution in [1.82, 2.24) is 9.97 Å². The number of alkyl halides is 1. The monoisotopic (exact) mass is 385 g/mol. The number of benzene rings is 1. The maximum Gasteiger partial charge on any atom is 0.231 e. The zero-order valence-electron chi connectivity index (χ0n) is 14.8. The van der Waals surface area contributed by atoms with Gasteiger partial charge in [-0.25, -0.2) is 14.4 Å². The van der Waals surface area contributed by atoms with Crippen LogP contribution in [-0.4, -0.2) is 29.2 Å². The standard InChI is InChI=1S/C20H17ClFN3O2/c1-10-8-24-19(27-2)7-13(10)11-3-12-5-18(23-9-15(12)16(21)4-11)25-20(26)14-6-17(14)22/h3-5,7-9,14,17H,6H2,1-2H3,(H,23,25,26)/t14-,17+/m1/s1. The lowest BCUT2D eigenvalue weighted by atomic mass is 9.99. The Morgan fingerprint density at radius 2 is 2.04 bits per heavy atom. The van der Waals surface area contributed by atoms with Crippen molar-refractivity contribution in [3.63, 3.8) is 0 Å². The Bertz CT molecular complexity index is 1060. The van der Waals surface area contributed by atoms with Crippen LogP contribution in [0.4, 0.5) is 10.2 Å². The average Bonchev–Trinajstić information content (AvgIpc) is 3.38. The largest absolute Gasteiger partial charge is 0.481 e. The molecule has 0 saturated heterocycles. The van der Waals surface area contributed by atoms with E-state index in [1.807, 2.05) is 25.1 Å². The first-order valence-electron chi connectivity index (χ1n) is 8.51. The van der Waals surface area contributed by atoms with Crippen molar-refractivity contribution in [1.29, 1.82) is 0 Å². The van der Waals surface area contributed by atoms with Gasteiger partial charge in [0.05, 0.1) is 18.1 Å². The molecule has 27 heavy (non-hydrogen) atoms. The molecule has 0 radical (unpaired) electrons. The molecule has 0 unspecified atom stereocenters. The van der Waals surface area contributed by atoms with Crippen LogP contribution in [0.5, 0.6) is 5.88 Å². The average molecular weight is 386 g/mol. The summed E-state index contributed by atoms with van der Waals surface area (Å²) in [6.07, 6.45) is 2.58. The number of aryl methyl sites for hydroxylation is 1. The number of rotatable bonds is 4. The maximum atomic E-state index is 13.1. The molecule has 1 saturated carbocycles. The van der Waals surface area contributed by atoms with Crippen molar-refractivity contribution in [2.45, 2.75) is 19.5 Å². The van der Waals surface area contributed by atoms with E-state index in [2.05, 4.69) is 15.3 Å². The Morgan fingerprint density at radius 1 is 1.26 bits per heavy atom. The van der Waals surface area contributed by atoms with Crippen molar-refractivity contribution in [3.8, 4) is 17.0 Å². The summed E-state index contributed by atoms with van der Waals surface area (Å²) in [5.41, 5.74) is 2.84. The molecule has 1 fully saturated rings. The van der Waals surface area contributed by atoms with Crippen LogP contribution in [0.25, 0.3) is 21.9 Å². The van der Waals surface area contributed by atoms with Crippen molar-refractivity contribution in [2.75, 3.05) is 12.4 Å². The van der Waals surface area contributed by atoms with Gasteiger partial charge in [-0.1, -0.05) is 11.6 Å². The second-order valence-corrected chi connectivity index (χ2v) is 7.04. The number of amides is 1. The predicted octanol–water partition coefficient (Wildman–Crippen LogP) is 4.56. The third-order valence-electron chi connectivity index (χ3n) is 4.69. The highest BCUT2D eigenvalue weighted by molar-refractivity contribution is 6.36. The molecule has 1 aliphatic carbocycles. The number of methoxy groups -OCH3 is 1. The molecule has 2 aromatic heterocycles. The topological polar surface area (TPSA) is 64.1 Å². The number of anilines is 1. The SMILES string of the molecule is COc1cc(-c2cc(Cl)c3cnc(NC(=O)[C@@H]4C[C@@H]4F)cc3c2)c(C)cn1. The summed E-state index contributed by atoms with van der Waals surface area (Å²) in [6.45, 7) is 1.96. The molecule has 1 aromatic carbocycles. The zero-order valence-corrected chi connectivity index (χ0v) is 15.5. The first-order chi connectivity index (χ1) is 13.0. The lowest BCUT2D eigenvalue weighted by Crippen LogP contribution is -2.15. The fraction of sp³-hybridized carbons (Fsp3) is 0.250. The first kappa shape index (κ1) is 17.7. The molecular weight excluding hydrogens is 369 g/mol.